The zero-order chi connectivity index (χ0) is 29.3. The minimum Gasteiger partial charge on any atom is -0.406 e. The molecule has 13 heteroatoms. The molecule has 3 nitrogen and oxygen atoms in total. The Morgan fingerprint density at radius 2 is 1.00 bits per heavy atom. The predicted octanol–water partition coefficient (Wildman–Crippen LogP) is 9.52. The first kappa shape index (κ1) is 28.6. The van der Waals surface area contributed by atoms with Crippen LogP contribution in [0.2, 0.25) is 0 Å². The zero-order valence-corrected chi connectivity index (χ0v) is 19.6. The summed E-state index contributed by atoms with van der Waals surface area (Å²) in [5.74, 6) is -4.23. The summed E-state index contributed by atoms with van der Waals surface area (Å²) < 4.78 is 144. The van der Waals surface area contributed by atoms with Gasteiger partial charge in [-0.15, -0.1) is 39.5 Å². The third-order valence-electron chi connectivity index (χ3n) is 5.28. The first-order valence-corrected chi connectivity index (χ1v) is 11.0. The lowest BCUT2D eigenvalue weighted by Crippen LogP contribution is -2.19. The first-order valence-electron chi connectivity index (χ1n) is 11.0. The second kappa shape index (κ2) is 10.6. The van der Waals surface area contributed by atoms with Gasteiger partial charge in [-0.05, 0) is 52.6 Å². The molecule has 210 valence electrons. The van der Waals surface area contributed by atoms with Crippen molar-refractivity contribution in [3.63, 3.8) is 0 Å². The second-order valence-corrected chi connectivity index (χ2v) is 8.05. The average molecular weight is 576 g/mol. The third-order valence-corrected chi connectivity index (χ3v) is 5.28. The lowest BCUT2D eigenvalue weighted by atomic mass is 9.89. The van der Waals surface area contributed by atoms with Crippen LogP contribution >= 0.6 is 0 Å². The molecule has 0 aliphatic heterocycles. The summed E-state index contributed by atoms with van der Waals surface area (Å²) in [6, 6.07) is 15.9. The highest BCUT2D eigenvalue weighted by molar-refractivity contribution is 5.91. The number of hydrogen-bond acceptors (Lipinski definition) is 3. The van der Waals surface area contributed by atoms with Crippen LogP contribution in [0, 0.1) is 5.82 Å². The van der Waals surface area contributed by atoms with Crippen molar-refractivity contribution < 1.29 is 58.1 Å². The molecular formula is C27H14F10O3. The first-order chi connectivity index (χ1) is 18.6. The van der Waals surface area contributed by atoms with Crippen LogP contribution in [-0.4, -0.2) is 19.1 Å². The highest BCUT2D eigenvalue weighted by Gasteiger charge is 2.36. The van der Waals surface area contributed by atoms with E-state index in [1.165, 1.54) is 30.3 Å². The Hall–Kier alpha value is -4.42. The van der Waals surface area contributed by atoms with Gasteiger partial charge < -0.3 is 14.2 Å². The molecule has 0 fully saturated rings. The Morgan fingerprint density at radius 1 is 0.450 bits per heavy atom. The van der Waals surface area contributed by atoms with E-state index in [1.807, 2.05) is 0 Å². The minimum atomic E-state index is -5.35. The van der Waals surface area contributed by atoms with Crippen molar-refractivity contribution in [2.45, 2.75) is 19.1 Å². The van der Waals surface area contributed by atoms with Gasteiger partial charge in [-0.25, -0.2) is 4.39 Å². The number of rotatable bonds is 6. The van der Waals surface area contributed by atoms with Crippen LogP contribution in [0.25, 0.3) is 33.4 Å². The highest BCUT2D eigenvalue weighted by Crippen LogP contribution is 2.46. The number of ether oxygens (including phenoxy) is 3. The van der Waals surface area contributed by atoms with Crippen molar-refractivity contribution in [1.29, 1.82) is 0 Å². The lowest BCUT2D eigenvalue weighted by Gasteiger charge is -2.21. The molecule has 0 atom stereocenters. The van der Waals surface area contributed by atoms with E-state index in [-0.39, 0.29) is 22.3 Å². The Bertz CT molecular complexity index is 1480. The maximum Gasteiger partial charge on any atom is 0.573 e. The van der Waals surface area contributed by atoms with Gasteiger partial charge >= 0.3 is 19.1 Å². The van der Waals surface area contributed by atoms with E-state index in [9.17, 15) is 39.5 Å². The van der Waals surface area contributed by atoms with E-state index >= 15 is 4.39 Å². The fourth-order valence-electron chi connectivity index (χ4n) is 3.87. The van der Waals surface area contributed by atoms with Gasteiger partial charge in [-0.2, -0.15) is 0 Å². The maximum absolute atomic E-state index is 16.1. The fraction of sp³-hybridized carbons (Fsp3) is 0.111. The Kier molecular flexibility index (Phi) is 7.59. The molecule has 0 unspecified atom stereocenters. The van der Waals surface area contributed by atoms with Crippen molar-refractivity contribution in [2.24, 2.45) is 0 Å². The Labute approximate surface area is 219 Å². The van der Waals surface area contributed by atoms with Crippen LogP contribution in [0.1, 0.15) is 0 Å². The van der Waals surface area contributed by atoms with E-state index in [1.54, 1.807) is 6.07 Å². The van der Waals surface area contributed by atoms with Gasteiger partial charge in [0.05, 0.1) is 0 Å². The van der Waals surface area contributed by atoms with Crippen LogP contribution in [-0.2, 0) is 0 Å². The van der Waals surface area contributed by atoms with E-state index in [0.29, 0.717) is 0 Å². The summed E-state index contributed by atoms with van der Waals surface area (Å²) in [4.78, 5) is 0. The molecule has 0 N–H and O–H groups in total. The van der Waals surface area contributed by atoms with Crippen molar-refractivity contribution in [3.05, 3.63) is 90.7 Å². The molecular weight excluding hydrogens is 562 g/mol. The number of halogens is 10. The molecule has 4 aromatic rings. The molecule has 0 saturated heterocycles. The molecule has 0 radical (unpaired) electrons. The molecule has 40 heavy (non-hydrogen) atoms. The summed E-state index contributed by atoms with van der Waals surface area (Å²) in [5.41, 5.74) is -1.46. The van der Waals surface area contributed by atoms with Gasteiger partial charge in [0.1, 0.15) is 11.5 Å². The number of hydrogen-bond donors (Lipinski definition) is 0. The summed E-state index contributed by atoms with van der Waals surface area (Å²) in [6.07, 6.45) is -15.5. The maximum atomic E-state index is 16.1. The van der Waals surface area contributed by atoms with E-state index in [0.717, 1.165) is 48.5 Å². The SMILES string of the molecule is Fc1c(OC(F)(F)F)c(-c2ccccc2)cc(-c2cccc(OC(F)(F)F)c2)c1-c1ccc(OC(F)(F)F)cc1. The fourth-order valence-corrected chi connectivity index (χ4v) is 3.87. The number of benzene rings is 4. The molecule has 0 saturated carbocycles. The van der Waals surface area contributed by atoms with Crippen molar-refractivity contribution in [1.82, 2.24) is 0 Å². The summed E-state index contributed by atoms with van der Waals surface area (Å²) >= 11 is 0. The molecule has 0 aromatic heterocycles. The summed E-state index contributed by atoms with van der Waals surface area (Å²) in [7, 11) is 0. The van der Waals surface area contributed by atoms with Crippen LogP contribution in [0.15, 0.2) is 84.9 Å². The molecule has 4 rings (SSSR count). The van der Waals surface area contributed by atoms with Gasteiger partial charge in [-0.1, -0.05) is 54.6 Å². The summed E-state index contributed by atoms with van der Waals surface area (Å²) in [6.45, 7) is 0. The van der Waals surface area contributed by atoms with Gasteiger partial charge in [-0.3, -0.25) is 0 Å². The monoisotopic (exact) mass is 576 g/mol. The standard InChI is InChI=1S/C27H14F10O3/c28-23-22(16-9-11-18(12-10-16)38-25(29,30)31)20(17-7-4-8-19(13-17)39-26(32,33)34)14-21(15-5-2-1-3-6-15)24(23)40-27(35,36)37/h1-14H. The molecule has 0 amide bonds. The van der Waals surface area contributed by atoms with Crippen LogP contribution in [0.4, 0.5) is 43.9 Å². The second-order valence-electron chi connectivity index (χ2n) is 8.05. The quantitative estimate of drug-likeness (QED) is 0.214. The van der Waals surface area contributed by atoms with E-state index in [4.69, 9.17) is 0 Å². The summed E-state index contributed by atoms with van der Waals surface area (Å²) in [5, 5.41) is 0. The van der Waals surface area contributed by atoms with Gasteiger partial charge in [0.15, 0.2) is 11.6 Å². The van der Waals surface area contributed by atoms with Crippen molar-refractivity contribution in [3.8, 4) is 50.6 Å². The molecule has 0 heterocycles. The largest absolute Gasteiger partial charge is 0.573 e. The highest BCUT2D eigenvalue weighted by atomic mass is 19.4. The van der Waals surface area contributed by atoms with Gasteiger partial charge in [0.25, 0.3) is 0 Å². The van der Waals surface area contributed by atoms with Crippen LogP contribution in [0.3, 0.4) is 0 Å². The normalized spacial score (nSPS) is 12.2. The smallest absolute Gasteiger partial charge is 0.406 e. The molecule has 0 aliphatic rings. The Balaban J connectivity index is 2.00. The minimum absolute atomic E-state index is 0.0741. The van der Waals surface area contributed by atoms with Crippen molar-refractivity contribution in [2.75, 3.05) is 0 Å². The van der Waals surface area contributed by atoms with E-state index in [2.05, 4.69) is 14.2 Å². The molecule has 0 bridgehead atoms. The van der Waals surface area contributed by atoms with Crippen LogP contribution in [0.5, 0.6) is 17.2 Å². The Morgan fingerprint density at radius 3 is 1.57 bits per heavy atom. The van der Waals surface area contributed by atoms with E-state index < -0.39 is 53.3 Å². The third kappa shape index (κ3) is 7.16. The molecule has 0 spiro atoms. The zero-order valence-electron chi connectivity index (χ0n) is 19.6. The lowest BCUT2D eigenvalue weighted by molar-refractivity contribution is -0.276. The molecule has 0 aliphatic carbocycles. The van der Waals surface area contributed by atoms with Gasteiger partial charge in [0, 0.05) is 11.1 Å². The number of alkyl halides is 9. The topological polar surface area (TPSA) is 27.7 Å². The average Bonchev–Trinajstić information content (AvgIpc) is 2.84. The predicted molar refractivity (Wildman–Crippen MR) is 123 cm³/mol. The van der Waals surface area contributed by atoms with Gasteiger partial charge in [0.2, 0.25) is 0 Å². The van der Waals surface area contributed by atoms with Crippen molar-refractivity contribution >= 4 is 0 Å². The van der Waals surface area contributed by atoms with Crippen LogP contribution < -0.4 is 14.2 Å². The molecule has 4 aromatic carbocycles.